The molecule has 0 heterocycles. The lowest BCUT2D eigenvalue weighted by Crippen LogP contribution is -2.28. The molecule has 1 saturated carbocycles. The van der Waals surface area contributed by atoms with Crippen LogP contribution in [-0.4, -0.2) is 6.54 Å². The van der Waals surface area contributed by atoms with Gasteiger partial charge in [-0.2, -0.15) is 0 Å². The first-order chi connectivity index (χ1) is 8.65. The molecule has 2 rings (SSSR count). The third-order valence-corrected chi connectivity index (χ3v) is 5.01. The maximum absolute atomic E-state index is 6.26. The molecule has 3 atom stereocenters. The first-order valence-corrected chi connectivity index (χ1v) is 7.49. The molecule has 1 nitrogen and oxygen atoms in total. The number of hydrogen-bond donors (Lipinski definition) is 1. The zero-order valence-corrected chi connectivity index (χ0v) is 12.2. The largest absolute Gasteiger partial charge is 0.330 e. The maximum Gasteiger partial charge on any atom is 0.0438 e. The predicted molar refractivity (Wildman–Crippen MR) is 79.1 cm³/mol. The molecular weight excluding hydrogens is 242 g/mol. The molecule has 2 heteroatoms. The summed E-state index contributed by atoms with van der Waals surface area (Å²) in [5.74, 6) is 2.09. The monoisotopic (exact) mass is 265 g/mol. The van der Waals surface area contributed by atoms with Crippen molar-refractivity contribution in [3.63, 3.8) is 0 Å². The first kappa shape index (κ1) is 13.9. The smallest absolute Gasteiger partial charge is 0.0438 e. The van der Waals surface area contributed by atoms with Gasteiger partial charge in [0.25, 0.3) is 0 Å². The van der Waals surface area contributed by atoms with E-state index in [4.69, 9.17) is 17.3 Å². The Morgan fingerprint density at radius 2 is 2.11 bits per heavy atom. The fraction of sp³-hybridized carbons (Fsp3) is 0.625. The van der Waals surface area contributed by atoms with Gasteiger partial charge in [0.05, 0.1) is 0 Å². The Morgan fingerprint density at radius 1 is 1.33 bits per heavy atom. The minimum absolute atomic E-state index is 0.604. The summed E-state index contributed by atoms with van der Waals surface area (Å²) < 4.78 is 0. The summed E-state index contributed by atoms with van der Waals surface area (Å²) in [6.07, 6.45) is 5.17. The Balaban J connectivity index is 2.23. The maximum atomic E-state index is 6.26. The van der Waals surface area contributed by atoms with E-state index in [0.717, 1.165) is 23.0 Å². The molecule has 18 heavy (non-hydrogen) atoms. The third-order valence-electron chi connectivity index (χ3n) is 4.61. The zero-order chi connectivity index (χ0) is 13.1. The fourth-order valence-corrected chi connectivity index (χ4v) is 3.41. The minimum Gasteiger partial charge on any atom is -0.330 e. The number of aryl methyl sites for hydroxylation is 1. The second kappa shape index (κ2) is 6.08. The molecule has 2 N–H and O–H groups in total. The van der Waals surface area contributed by atoms with Crippen LogP contribution in [-0.2, 0) is 0 Å². The topological polar surface area (TPSA) is 26.0 Å². The fourth-order valence-electron chi connectivity index (χ4n) is 3.22. The van der Waals surface area contributed by atoms with Gasteiger partial charge in [-0.3, -0.25) is 0 Å². The van der Waals surface area contributed by atoms with E-state index in [-0.39, 0.29) is 0 Å². The van der Waals surface area contributed by atoms with Gasteiger partial charge in [0.15, 0.2) is 0 Å². The summed E-state index contributed by atoms with van der Waals surface area (Å²) in [5.41, 5.74) is 8.50. The van der Waals surface area contributed by atoms with E-state index in [9.17, 15) is 0 Å². The molecule has 1 aromatic rings. The predicted octanol–water partition coefficient (Wildman–Crippen LogP) is 4.52. The van der Waals surface area contributed by atoms with Crippen molar-refractivity contribution in [1.29, 1.82) is 0 Å². The van der Waals surface area contributed by atoms with Crippen molar-refractivity contribution < 1.29 is 0 Å². The molecule has 0 aromatic heterocycles. The van der Waals surface area contributed by atoms with Crippen molar-refractivity contribution in [3.05, 3.63) is 34.3 Å². The molecule has 100 valence electrons. The van der Waals surface area contributed by atoms with Crippen LogP contribution in [0, 0.1) is 18.8 Å². The average Bonchev–Trinajstić information content (AvgIpc) is 2.41. The van der Waals surface area contributed by atoms with Crippen LogP contribution in [0.25, 0.3) is 0 Å². The second-order valence-electron chi connectivity index (χ2n) is 5.70. The molecule has 0 aliphatic heterocycles. The van der Waals surface area contributed by atoms with Gasteiger partial charge in [-0.05, 0) is 61.3 Å². The van der Waals surface area contributed by atoms with Crippen LogP contribution in [0.1, 0.15) is 49.7 Å². The Labute approximate surface area is 116 Å². The van der Waals surface area contributed by atoms with Crippen molar-refractivity contribution in [3.8, 4) is 0 Å². The Hall–Kier alpha value is -0.530. The zero-order valence-electron chi connectivity index (χ0n) is 11.5. The third kappa shape index (κ3) is 2.89. The van der Waals surface area contributed by atoms with Gasteiger partial charge < -0.3 is 5.73 Å². The Kier molecular flexibility index (Phi) is 4.69. The summed E-state index contributed by atoms with van der Waals surface area (Å²) in [7, 11) is 0. The first-order valence-electron chi connectivity index (χ1n) is 7.11. The van der Waals surface area contributed by atoms with Gasteiger partial charge in [0.1, 0.15) is 0 Å². The van der Waals surface area contributed by atoms with Crippen molar-refractivity contribution in [1.82, 2.24) is 0 Å². The van der Waals surface area contributed by atoms with Crippen LogP contribution >= 0.6 is 11.6 Å². The Bertz CT molecular complexity index is 402. The van der Waals surface area contributed by atoms with E-state index in [1.807, 2.05) is 0 Å². The van der Waals surface area contributed by atoms with Gasteiger partial charge in [0, 0.05) is 5.02 Å². The highest BCUT2D eigenvalue weighted by molar-refractivity contribution is 6.31. The molecule has 1 aliphatic rings. The molecule has 1 aromatic carbocycles. The van der Waals surface area contributed by atoms with Crippen molar-refractivity contribution in [2.75, 3.05) is 6.54 Å². The van der Waals surface area contributed by atoms with Gasteiger partial charge >= 0.3 is 0 Å². The van der Waals surface area contributed by atoms with E-state index in [1.54, 1.807) is 0 Å². The van der Waals surface area contributed by atoms with Crippen LogP contribution in [0.3, 0.4) is 0 Å². The number of benzene rings is 1. The highest BCUT2D eigenvalue weighted by Gasteiger charge is 2.30. The SMILES string of the molecule is CCC1CCC(CN)C(c2ccc(C)c(Cl)c2)C1. The lowest BCUT2D eigenvalue weighted by Gasteiger charge is -2.36. The van der Waals surface area contributed by atoms with E-state index in [1.165, 1.54) is 31.2 Å². The molecule has 0 radical (unpaired) electrons. The molecule has 1 aliphatic carbocycles. The molecule has 0 bridgehead atoms. The van der Waals surface area contributed by atoms with Crippen LogP contribution in [0.15, 0.2) is 18.2 Å². The lowest BCUT2D eigenvalue weighted by atomic mass is 9.70. The van der Waals surface area contributed by atoms with E-state index in [2.05, 4.69) is 32.0 Å². The van der Waals surface area contributed by atoms with Gasteiger partial charge in [-0.25, -0.2) is 0 Å². The average molecular weight is 266 g/mol. The number of halogens is 1. The molecule has 3 unspecified atom stereocenters. The van der Waals surface area contributed by atoms with Gasteiger partial charge in [-0.1, -0.05) is 43.5 Å². The molecular formula is C16H24ClN. The number of rotatable bonds is 3. The number of hydrogen-bond acceptors (Lipinski definition) is 1. The highest BCUT2D eigenvalue weighted by atomic mass is 35.5. The van der Waals surface area contributed by atoms with Gasteiger partial charge in [0.2, 0.25) is 0 Å². The normalized spacial score (nSPS) is 28.3. The quantitative estimate of drug-likeness (QED) is 0.855. The van der Waals surface area contributed by atoms with E-state index < -0.39 is 0 Å². The molecule has 0 amide bonds. The van der Waals surface area contributed by atoms with E-state index in [0.29, 0.717) is 11.8 Å². The summed E-state index contributed by atoms with van der Waals surface area (Å²) >= 11 is 6.26. The highest BCUT2D eigenvalue weighted by Crippen LogP contribution is 2.42. The van der Waals surface area contributed by atoms with Crippen LogP contribution < -0.4 is 5.73 Å². The lowest BCUT2D eigenvalue weighted by molar-refractivity contribution is 0.236. The van der Waals surface area contributed by atoms with Crippen LogP contribution in [0.5, 0.6) is 0 Å². The summed E-state index contributed by atoms with van der Waals surface area (Å²) in [4.78, 5) is 0. The van der Waals surface area contributed by atoms with Crippen LogP contribution in [0.4, 0.5) is 0 Å². The second-order valence-corrected chi connectivity index (χ2v) is 6.11. The van der Waals surface area contributed by atoms with E-state index >= 15 is 0 Å². The Morgan fingerprint density at radius 3 is 2.72 bits per heavy atom. The minimum atomic E-state index is 0.604. The summed E-state index contributed by atoms with van der Waals surface area (Å²) in [5, 5.41) is 0.891. The molecule has 1 fully saturated rings. The molecule has 0 spiro atoms. The molecule has 0 saturated heterocycles. The number of nitrogens with two attached hydrogens (primary N) is 1. The standard InChI is InChI=1S/C16H24ClN/c1-3-12-5-7-14(10-18)15(8-12)13-6-4-11(2)16(17)9-13/h4,6,9,12,14-15H,3,5,7-8,10,18H2,1-2H3. The summed E-state index contributed by atoms with van der Waals surface area (Å²) in [6, 6.07) is 6.54. The van der Waals surface area contributed by atoms with Crippen LogP contribution in [0.2, 0.25) is 5.02 Å². The van der Waals surface area contributed by atoms with Crippen molar-refractivity contribution in [2.24, 2.45) is 17.6 Å². The van der Waals surface area contributed by atoms with Gasteiger partial charge in [-0.15, -0.1) is 0 Å². The summed E-state index contributed by atoms with van der Waals surface area (Å²) in [6.45, 7) is 5.15. The van der Waals surface area contributed by atoms with Crippen molar-refractivity contribution >= 4 is 11.6 Å². The van der Waals surface area contributed by atoms with Crippen molar-refractivity contribution in [2.45, 2.75) is 45.4 Å².